The second kappa shape index (κ2) is 5.63. The molecule has 1 aromatic heterocycles. The summed E-state index contributed by atoms with van der Waals surface area (Å²) in [5.41, 5.74) is 6.33. The van der Waals surface area contributed by atoms with Crippen LogP contribution in [0.15, 0.2) is 15.9 Å². The van der Waals surface area contributed by atoms with E-state index in [0.29, 0.717) is 0 Å². The van der Waals surface area contributed by atoms with Crippen molar-refractivity contribution >= 4 is 27.3 Å². The number of hydrogen-bond donors (Lipinski definition) is 1. The van der Waals surface area contributed by atoms with Crippen LogP contribution in [-0.2, 0) is 6.54 Å². The van der Waals surface area contributed by atoms with Gasteiger partial charge >= 0.3 is 0 Å². The quantitative estimate of drug-likeness (QED) is 0.924. The van der Waals surface area contributed by atoms with Crippen LogP contribution in [0.1, 0.15) is 25.6 Å². The van der Waals surface area contributed by atoms with Gasteiger partial charge in [-0.05, 0) is 34.5 Å². The third-order valence-corrected chi connectivity index (χ3v) is 4.35. The first-order valence-electron chi connectivity index (χ1n) is 5.46. The molecule has 1 atom stereocenters. The van der Waals surface area contributed by atoms with Crippen molar-refractivity contribution in [2.75, 3.05) is 13.6 Å². The van der Waals surface area contributed by atoms with Crippen LogP contribution < -0.4 is 5.73 Å². The maximum atomic E-state index is 6.16. The van der Waals surface area contributed by atoms with E-state index in [4.69, 9.17) is 5.73 Å². The van der Waals surface area contributed by atoms with Gasteiger partial charge in [0.05, 0.1) is 0 Å². The molecule has 2 N–H and O–H groups in total. The highest BCUT2D eigenvalue weighted by atomic mass is 79.9. The molecule has 0 bridgehead atoms. The molecule has 1 unspecified atom stereocenters. The Bertz CT molecular complexity index is 330. The molecule has 0 amide bonds. The van der Waals surface area contributed by atoms with Crippen molar-refractivity contribution < 1.29 is 0 Å². The highest BCUT2D eigenvalue weighted by Crippen LogP contribution is 2.22. The SMILES string of the molecule is CN(Cc1cc(Br)cs1)CC(N)C(C)(C)C. The van der Waals surface area contributed by atoms with Crippen molar-refractivity contribution in [3.8, 4) is 0 Å². The molecule has 0 saturated heterocycles. The molecular formula is C12H21BrN2S. The van der Waals surface area contributed by atoms with Gasteiger partial charge in [-0.25, -0.2) is 0 Å². The summed E-state index contributed by atoms with van der Waals surface area (Å²) < 4.78 is 1.17. The van der Waals surface area contributed by atoms with Crippen molar-refractivity contribution in [2.24, 2.45) is 11.1 Å². The van der Waals surface area contributed by atoms with E-state index in [1.54, 1.807) is 11.3 Å². The van der Waals surface area contributed by atoms with Crippen LogP contribution >= 0.6 is 27.3 Å². The molecule has 4 heteroatoms. The predicted molar refractivity (Wildman–Crippen MR) is 75.8 cm³/mol. The summed E-state index contributed by atoms with van der Waals surface area (Å²) >= 11 is 5.25. The normalized spacial score (nSPS) is 14.4. The maximum absolute atomic E-state index is 6.16. The molecule has 0 radical (unpaired) electrons. The Hall–Kier alpha value is 0.1000. The highest BCUT2D eigenvalue weighted by molar-refractivity contribution is 9.10. The molecule has 0 aromatic carbocycles. The number of hydrogen-bond acceptors (Lipinski definition) is 3. The zero-order valence-electron chi connectivity index (χ0n) is 10.5. The van der Waals surface area contributed by atoms with E-state index in [1.165, 1.54) is 9.35 Å². The van der Waals surface area contributed by atoms with Crippen LogP contribution in [0.25, 0.3) is 0 Å². The smallest absolute Gasteiger partial charge is 0.0325 e. The molecule has 16 heavy (non-hydrogen) atoms. The summed E-state index contributed by atoms with van der Waals surface area (Å²) in [5, 5.41) is 2.12. The lowest BCUT2D eigenvalue weighted by atomic mass is 9.87. The van der Waals surface area contributed by atoms with Gasteiger partial charge in [-0.1, -0.05) is 20.8 Å². The Kier molecular flexibility index (Phi) is 4.98. The Morgan fingerprint density at radius 1 is 1.50 bits per heavy atom. The molecule has 0 spiro atoms. The van der Waals surface area contributed by atoms with Gasteiger partial charge in [0.25, 0.3) is 0 Å². The van der Waals surface area contributed by atoms with Crippen molar-refractivity contribution in [3.63, 3.8) is 0 Å². The minimum atomic E-state index is 0.171. The first-order valence-corrected chi connectivity index (χ1v) is 7.13. The van der Waals surface area contributed by atoms with Gasteiger partial charge in [-0.2, -0.15) is 0 Å². The van der Waals surface area contributed by atoms with E-state index >= 15 is 0 Å². The predicted octanol–water partition coefficient (Wildman–Crippen LogP) is 3.32. The molecule has 1 aromatic rings. The Morgan fingerprint density at radius 2 is 2.12 bits per heavy atom. The molecule has 0 aliphatic rings. The number of likely N-dealkylation sites (N-methyl/N-ethyl adjacent to an activating group) is 1. The molecule has 0 aliphatic heterocycles. The van der Waals surface area contributed by atoms with E-state index in [0.717, 1.165) is 13.1 Å². The van der Waals surface area contributed by atoms with Crippen molar-refractivity contribution in [2.45, 2.75) is 33.4 Å². The average Bonchev–Trinajstić information content (AvgIpc) is 2.49. The summed E-state index contributed by atoms with van der Waals surface area (Å²) in [7, 11) is 2.12. The van der Waals surface area contributed by atoms with Gasteiger partial charge in [-0.3, -0.25) is 4.90 Å². The molecule has 0 aliphatic carbocycles. The standard InChI is InChI=1S/C12H21BrN2S/c1-12(2,3)11(14)7-15(4)6-10-5-9(13)8-16-10/h5,8,11H,6-7,14H2,1-4H3. The molecule has 0 saturated carbocycles. The first kappa shape index (κ1) is 14.2. The topological polar surface area (TPSA) is 29.3 Å². The van der Waals surface area contributed by atoms with Crippen molar-refractivity contribution in [1.82, 2.24) is 4.90 Å². The van der Waals surface area contributed by atoms with Gasteiger partial charge in [0.15, 0.2) is 0 Å². The molecule has 1 rings (SSSR count). The fraction of sp³-hybridized carbons (Fsp3) is 0.667. The van der Waals surface area contributed by atoms with E-state index in [9.17, 15) is 0 Å². The lowest BCUT2D eigenvalue weighted by Crippen LogP contribution is -2.43. The molecule has 0 fully saturated rings. The summed E-state index contributed by atoms with van der Waals surface area (Å²) in [6.07, 6.45) is 0. The average molecular weight is 305 g/mol. The van der Waals surface area contributed by atoms with Crippen molar-refractivity contribution in [3.05, 3.63) is 20.8 Å². The number of nitrogens with two attached hydrogens (primary N) is 1. The van der Waals surface area contributed by atoms with Crippen LogP contribution in [0.4, 0.5) is 0 Å². The van der Waals surface area contributed by atoms with Crippen molar-refractivity contribution in [1.29, 1.82) is 0 Å². The molecule has 1 heterocycles. The minimum Gasteiger partial charge on any atom is -0.326 e. The van der Waals surface area contributed by atoms with E-state index in [2.05, 4.69) is 60.1 Å². The summed E-state index contributed by atoms with van der Waals surface area (Å²) in [6, 6.07) is 2.38. The third kappa shape index (κ3) is 4.53. The first-order chi connectivity index (χ1) is 7.29. The van der Waals surface area contributed by atoms with Gasteiger partial charge < -0.3 is 5.73 Å². The Balaban J connectivity index is 2.45. The van der Waals surface area contributed by atoms with Crippen LogP contribution in [0.5, 0.6) is 0 Å². The summed E-state index contributed by atoms with van der Waals surface area (Å²) in [6.45, 7) is 8.47. The van der Waals surface area contributed by atoms with E-state index in [-0.39, 0.29) is 11.5 Å². The Labute approximate surface area is 111 Å². The number of rotatable bonds is 4. The van der Waals surface area contributed by atoms with Crippen LogP contribution in [0.2, 0.25) is 0 Å². The van der Waals surface area contributed by atoms with E-state index < -0.39 is 0 Å². The lowest BCUT2D eigenvalue weighted by molar-refractivity contribution is 0.223. The lowest BCUT2D eigenvalue weighted by Gasteiger charge is -2.30. The largest absolute Gasteiger partial charge is 0.326 e. The van der Waals surface area contributed by atoms with Gasteiger partial charge in [-0.15, -0.1) is 11.3 Å². The third-order valence-electron chi connectivity index (χ3n) is 2.67. The minimum absolute atomic E-state index is 0.171. The fourth-order valence-corrected chi connectivity index (χ4v) is 2.91. The highest BCUT2D eigenvalue weighted by Gasteiger charge is 2.21. The molecular weight excluding hydrogens is 284 g/mol. The maximum Gasteiger partial charge on any atom is 0.0325 e. The number of thiophene rings is 1. The summed E-state index contributed by atoms with van der Waals surface area (Å²) in [4.78, 5) is 3.66. The fourth-order valence-electron chi connectivity index (χ4n) is 1.38. The zero-order valence-corrected chi connectivity index (χ0v) is 12.9. The number of nitrogens with zero attached hydrogens (tertiary/aromatic N) is 1. The van der Waals surface area contributed by atoms with Gasteiger partial charge in [0.1, 0.15) is 0 Å². The Morgan fingerprint density at radius 3 is 2.56 bits per heavy atom. The van der Waals surface area contributed by atoms with Gasteiger partial charge in [0.2, 0.25) is 0 Å². The second-order valence-corrected chi connectivity index (χ2v) is 7.31. The molecule has 92 valence electrons. The number of halogens is 1. The molecule has 2 nitrogen and oxygen atoms in total. The van der Waals surface area contributed by atoms with Gasteiger partial charge in [0, 0.05) is 33.9 Å². The monoisotopic (exact) mass is 304 g/mol. The van der Waals surface area contributed by atoms with E-state index in [1.807, 2.05) is 0 Å². The summed E-state index contributed by atoms with van der Waals surface area (Å²) in [5.74, 6) is 0. The van der Waals surface area contributed by atoms with Crippen LogP contribution in [0, 0.1) is 5.41 Å². The zero-order chi connectivity index (χ0) is 12.3. The van der Waals surface area contributed by atoms with Crippen LogP contribution in [0.3, 0.4) is 0 Å². The van der Waals surface area contributed by atoms with Crippen LogP contribution in [-0.4, -0.2) is 24.5 Å². The second-order valence-electron chi connectivity index (χ2n) is 5.40.